The average molecular weight is 237 g/mol. The Bertz CT molecular complexity index is 288. The van der Waals surface area contributed by atoms with Crippen LogP contribution in [0.15, 0.2) is 10.5 Å². The van der Waals surface area contributed by atoms with Gasteiger partial charge in [0.2, 0.25) is 11.5 Å². The summed E-state index contributed by atoms with van der Waals surface area (Å²) in [6.07, 6.45) is 0. The molecule has 12 heavy (non-hydrogen) atoms. The molecule has 0 radical (unpaired) electrons. The van der Waals surface area contributed by atoms with E-state index in [1.54, 1.807) is 0 Å². The SMILES string of the molecule is COc1c(O)c(O)cc(Br)c1F. The molecule has 1 aromatic carbocycles. The first-order valence-electron chi connectivity index (χ1n) is 3.01. The van der Waals surface area contributed by atoms with E-state index in [0.717, 1.165) is 6.07 Å². The molecule has 0 saturated carbocycles. The van der Waals surface area contributed by atoms with Crippen LogP contribution in [0, 0.1) is 5.82 Å². The highest BCUT2D eigenvalue weighted by atomic mass is 79.9. The maximum atomic E-state index is 13.0. The number of phenolic OH excluding ortho intramolecular Hbond substituents is 2. The molecule has 0 bridgehead atoms. The second kappa shape index (κ2) is 3.18. The topological polar surface area (TPSA) is 49.7 Å². The smallest absolute Gasteiger partial charge is 0.203 e. The van der Waals surface area contributed by atoms with Crippen LogP contribution in [0.25, 0.3) is 0 Å². The van der Waals surface area contributed by atoms with Crippen molar-refractivity contribution in [3.8, 4) is 17.2 Å². The van der Waals surface area contributed by atoms with Crippen molar-refractivity contribution in [1.29, 1.82) is 0 Å². The fraction of sp³-hybridized carbons (Fsp3) is 0.143. The van der Waals surface area contributed by atoms with Gasteiger partial charge in [-0.1, -0.05) is 0 Å². The van der Waals surface area contributed by atoms with Crippen LogP contribution >= 0.6 is 15.9 Å². The van der Waals surface area contributed by atoms with Crippen LogP contribution in [0.4, 0.5) is 4.39 Å². The Balaban J connectivity index is 3.42. The third-order valence-corrected chi connectivity index (χ3v) is 1.91. The Labute approximate surface area is 76.5 Å². The summed E-state index contributed by atoms with van der Waals surface area (Å²) in [7, 11) is 1.20. The number of hydrogen-bond donors (Lipinski definition) is 2. The summed E-state index contributed by atoms with van der Waals surface area (Å²) in [6, 6.07) is 1.05. The number of benzene rings is 1. The lowest BCUT2D eigenvalue weighted by atomic mass is 10.3. The minimum absolute atomic E-state index is 0.0367. The van der Waals surface area contributed by atoms with Gasteiger partial charge in [-0.25, -0.2) is 4.39 Å². The summed E-state index contributed by atoms with van der Waals surface area (Å²) in [5.41, 5.74) is 0. The zero-order valence-electron chi connectivity index (χ0n) is 6.14. The Morgan fingerprint density at radius 2 is 2.08 bits per heavy atom. The van der Waals surface area contributed by atoms with Crippen molar-refractivity contribution in [2.45, 2.75) is 0 Å². The van der Waals surface area contributed by atoms with Crippen LogP contribution in [0.5, 0.6) is 17.2 Å². The zero-order chi connectivity index (χ0) is 9.30. The first kappa shape index (κ1) is 9.12. The Hall–Kier alpha value is -0.970. The van der Waals surface area contributed by atoms with E-state index in [-0.39, 0.29) is 10.2 Å². The molecule has 0 amide bonds. The molecular formula is C7H6BrFO3. The van der Waals surface area contributed by atoms with Gasteiger partial charge in [0, 0.05) is 6.07 Å². The fourth-order valence-electron chi connectivity index (χ4n) is 0.767. The lowest BCUT2D eigenvalue weighted by molar-refractivity contribution is 0.332. The van der Waals surface area contributed by atoms with Gasteiger partial charge in [-0.15, -0.1) is 0 Å². The molecule has 0 aliphatic carbocycles. The summed E-state index contributed by atoms with van der Waals surface area (Å²) < 4.78 is 17.6. The highest BCUT2D eigenvalue weighted by molar-refractivity contribution is 9.10. The van der Waals surface area contributed by atoms with Gasteiger partial charge in [-0.2, -0.15) is 0 Å². The normalized spacial score (nSPS) is 9.92. The molecule has 0 saturated heterocycles. The second-order valence-corrected chi connectivity index (χ2v) is 2.93. The number of phenols is 2. The lowest BCUT2D eigenvalue weighted by Gasteiger charge is -2.06. The molecule has 1 rings (SSSR count). The van der Waals surface area contributed by atoms with Crippen molar-refractivity contribution in [2.24, 2.45) is 0 Å². The monoisotopic (exact) mass is 236 g/mol. The molecule has 2 N–H and O–H groups in total. The number of aromatic hydroxyl groups is 2. The number of methoxy groups -OCH3 is 1. The first-order valence-corrected chi connectivity index (χ1v) is 3.81. The third kappa shape index (κ3) is 1.32. The summed E-state index contributed by atoms with van der Waals surface area (Å²) in [5.74, 6) is -2.15. The highest BCUT2D eigenvalue weighted by Crippen LogP contribution is 2.40. The molecule has 0 spiro atoms. The molecule has 0 atom stereocenters. The Kier molecular flexibility index (Phi) is 2.42. The van der Waals surface area contributed by atoms with E-state index in [2.05, 4.69) is 20.7 Å². The van der Waals surface area contributed by atoms with Crippen molar-refractivity contribution < 1.29 is 19.3 Å². The van der Waals surface area contributed by atoms with E-state index in [4.69, 9.17) is 10.2 Å². The van der Waals surface area contributed by atoms with Crippen LogP contribution in [-0.2, 0) is 0 Å². The predicted molar refractivity (Wildman–Crippen MR) is 44.0 cm³/mol. The second-order valence-electron chi connectivity index (χ2n) is 2.07. The van der Waals surface area contributed by atoms with Crippen LogP contribution in [0.3, 0.4) is 0 Å². The van der Waals surface area contributed by atoms with Crippen LogP contribution in [-0.4, -0.2) is 17.3 Å². The van der Waals surface area contributed by atoms with Crippen molar-refractivity contribution in [3.05, 3.63) is 16.4 Å². The summed E-state index contributed by atoms with van der Waals surface area (Å²) in [5, 5.41) is 18.1. The summed E-state index contributed by atoms with van der Waals surface area (Å²) in [6.45, 7) is 0. The van der Waals surface area contributed by atoms with Crippen molar-refractivity contribution in [2.75, 3.05) is 7.11 Å². The minimum atomic E-state index is -0.743. The molecule has 0 aliphatic heterocycles. The van der Waals surface area contributed by atoms with E-state index in [9.17, 15) is 4.39 Å². The first-order chi connectivity index (χ1) is 5.57. The van der Waals surface area contributed by atoms with Gasteiger partial charge >= 0.3 is 0 Å². The standard InChI is InChI=1S/C7H6BrFO3/c1-12-7-5(9)3(8)2-4(10)6(7)11/h2,10-11H,1H3. The third-order valence-electron chi connectivity index (χ3n) is 1.33. The lowest BCUT2D eigenvalue weighted by Crippen LogP contribution is -1.89. The van der Waals surface area contributed by atoms with Gasteiger partial charge in [0.1, 0.15) is 0 Å². The van der Waals surface area contributed by atoms with E-state index < -0.39 is 17.3 Å². The molecule has 0 heterocycles. The molecule has 0 unspecified atom stereocenters. The van der Waals surface area contributed by atoms with Crippen molar-refractivity contribution >= 4 is 15.9 Å². The quantitative estimate of drug-likeness (QED) is 0.734. The van der Waals surface area contributed by atoms with Crippen LogP contribution < -0.4 is 4.74 Å². The van der Waals surface area contributed by atoms with E-state index in [1.807, 2.05) is 0 Å². The van der Waals surface area contributed by atoms with Gasteiger partial charge in [0.25, 0.3) is 0 Å². The largest absolute Gasteiger partial charge is 0.504 e. The molecule has 1 aromatic rings. The minimum Gasteiger partial charge on any atom is -0.504 e. The Morgan fingerprint density at radius 3 is 2.58 bits per heavy atom. The maximum absolute atomic E-state index is 13.0. The summed E-state index contributed by atoms with van der Waals surface area (Å²) in [4.78, 5) is 0. The predicted octanol–water partition coefficient (Wildman–Crippen LogP) is 2.01. The highest BCUT2D eigenvalue weighted by Gasteiger charge is 2.16. The van der Waals surface area contributed by atoms with Crippen molar-refractivity contribution in [1.82, 2.24) is 0 Å². The number of ether oxygens (including phenoxy) is 1. The fourth-order valence-corrected chi connectivity index (χ4v) is 1.16. The van der Waals surface area contributed by atoms with Gasteiger partial charge in [-0.3, -0.25) is 0 Å². The van der Waals surface area contributed by atoms with E-state index in [0.29, 0.717) is 0 Å². The van der Waals surface area contributed by atoms with Crippen molar-refractivity contribution in [3.63, 3.8) is 0 Å². The van der Waals surface area contributed by atoms with E-state index in [1.165, 1.54) is 7.11 Å². The number of rotatable bonds is 1. The number of hydrogen-bond acceptors (Lipinski definition) is 3. The van der Waals surface area contributed by atoms with Gasteiger partial charge in [-0.05, 0) is 15.9 Å². The molecule has 5 heteroatoms. The molecule has 0 fully saturated rings. The molecule has 66 valence electrons. The molecule has 0 aliphatic rings. The molecule has 3 nitrogen and oxygen atoms in total. The zero-order valence-corrected chi connectivity index (χ0v) is 7.72. The Morgan fingerprint density at radius 1 is 1.50 bits per heavy atom. The molecule has 0 aromatic heterocycles. The average Bonchev–Trinajstić information content (AvgIpc) is 2.02. The van der Waals surface area contributed by atoms with E-state index >= 15 is 0 Å². The van der Waals surface area contributed by atoms with Crippen LogP contribution in [0.2, 0.25) is 0 Å². The van der Waals surface area contributed by atoms with Gasteiger partial charge < -0.3 is 14.9 Å². The maximum Gasteiger partial charge on any atom is 0.203 e. The summed E-state index contributed by atoms with van der Waals surface area (Å²) >= 11 is 2.85. The van der Waals surface area contributed by atoms with Gasteiger partial charge in [0.15, 0.2) is 11.6 Å². The number of halogens is 2. The molecular weight excluding hydrogens is 231 g/mol. The van der Waals surface area contributed by atoms with Crippen LogP contribution in [0.1, 0.15) is 0 Å². The van der Waals surface area contributed by atoms with Gasteiger partial charge in [0.05, 0.1) is 11.6 Å².